The number of carbonyl (C=O) groups is 1. The number of amides is 1. The highest BCUT2D eigenvalue weighted by molar-refractivity contribution is 6.30. The summed E-state index contributed by atoms with van der Waals surface area (Å²) in [5, 5.41) is 6.49. The smallest absolute Gasteiger partial charge is 0.236 e. The van der Waals surface area contributed by atoms with Crippen molar-refractivity contribution in [3.05, 3.63) is 28.8 Å². The van der Waals surface area contributed by atoms with Crippen LogP contribution in [0.25, 0.3) is 0 Å². The molecule has 1 aliphatic heterocycles. The van der Waals surface area contributed by atoms with Gasteiger partial charge < -0.3 is 15.4 Å². The van der Waals surface area contributed by atoms with E-state index in [1.807, 2.05) is 25.1 Å². The van der Waals surface area contributed by atoms with Gasteiger partial charge in [-0.05, 0) is 30.7 Å². The van der Waals surface area contributed by atoms with Crippen LogP contribution in [-0.4, -0.2) is 31.6 Å². The minimum atomic E-state index is -0.217. The standard InChI is InChI=1S/C13H17ClN2O2/c1-8(13(17)15-2)16-7-11-6-9-5-10(14)3-4-12(9)18-11/h3-5,8,11,16H,6-7H2,1-2H3,(H,15,17). The highest BCUT2D eigenvalue weighted by atomic mass is 35.5. The van der Waals surface area contributed by atoms with Crippen LogP contribution in [0.2, 0.25) is 5.02 Å². The topological polar surface area (TPSA) is 50.4 Å². The number of nitrogens with one attached hydrogen (secondary N) is 2. The molecule has 1 aromatic rings. The molecule has 0 fully saturated rings. The largest absolute Gasteiger partial charge is 0.488 e. The van der Waals surface area contributed by atoms with Gasteiger partial charge in [0.1, 0.15) is 11.9 Å². The molecule has 1 heterocycles. The number of halogens is 1. The molecule has 18 heavy (non-hydrogen) atoms. The molecule has 98 valence electrons. The lowest BCUT2D eigenvalue weighted by molar-refractivity contribution is -0.122. The molecule has 2 unspecified atom stereocenters. The molecule has 5 heteroatoms. The van der Waals surface area contributed by atoms with Crippen molar-refractivity contribution in [2.24, 2.45) is 0 Å². The first-order valence-corrected chi connectivity index (χ1v) is 6.38. The van der Waals surface area contributed by atoms with Crippen molar-refractivity contribution in [3.8, 4) is 5.75 Å². The number of fused-ring (bicyclic) bond motifs is 1. The third-order valence-electron chi connectivity index (χ3n) is 3.06. The fourth-order valence-electron chi connectivity index (χ4n) is 2.02. The van der Waals surface area contributed by atoms with E-state index in [4.69, 9.17) is 16.3 Å². The first-order valence-electron chi connectivity index (χ1n) is 6.00. The van der Waals surface area contributed by atoms with E-state index in [1.165, 1.54) is 0 Å². The Hall–Kier alpha value is -1.26. The summed E-state index contributed by atoms with van der Waals surface area (Å²) >= 11 is 5.93. The van der Waals surface area contributed by atoms with Gasteiger partial charge in [0.05, 0.1) is 6.04 Å². The maximum Gasteiger partial charge on any atom is 0.236 e. The molecule has 1 amide bonds. The van der Waals surface area contributed by atoms with E-state index in [1.54, 1.807) is 7.05 Å². The van der Waals surface area contributed by atoms with E-state index < -0.39 is 0 Å². The summed E-state index contributed by atoms with van der Waals surface area (Å²) in [7, 11) is 1.63. The average Bonchev–Trinajstić information content (AvgIpc) is 2.76. The van der Waals surface area contributed by atoms with E-state index in [-0.39, 0.29) is 18.1 Å². The summed E-state index contributed by atoms with van der Waals surface area (Å²) in [6.45, 7) is 2.47. The molecule has 0 aliphatic carbocycles. The van der Waals surface area contributed by atoms with Crippen LogP contribution in [0.15, 0.2) is 18.2 Å². The van der Waals surface area contributed by atoms with Crippen molar-refractivity contribution in [2.45, 2.75) is 25.5 Å². The molecule has 0 saturated heterocycles. The lowest BCUT2D eigenvalue weighted by Crippen LogP contribution is -2.44. The monoisotopic (exact) mass is 268 g/mol. The van der Waals surface area contributed by atoms with Crippen molar-refractivity contribution in [3.63, 3.8) is 0 Å². The SMILES string of the molecule is CNC(=O)C(C)NCC1Cc2cc(Cl)ccc2O1. The number of hydrogen-bond donors (Lipinski definition) is 2. The highest BCUT2D eigenvalue weighted by Gasteiger charge is 2.23. The summed E-state index contributed by atoms with van der Waals surface area (Å²) in [5.74, 6) is 0.868. The molecule has 0 aromatic heterocycles. The summed E-state index contributed by atoms with van der Waals surface area (Å²) in [6, 6.07) is 5.42. The second-order valence-electron chi connectivity index (χ2n) is 4.44. The van der Waals surface area contributed by atoms with Gasteiger partial charge in [0.25, 0.3) is 0 Å². The average molecular weight is 269 g/mol. The van der Waals surface area contributed by atoms with Crippen LogP contribution in [0.5, 0.6) is 5.75 Å². The number of benzene rings is 1. The van der Waals surface area contributed by atoms with E-state index in [2.05, 4.69) is 10.6 Å². The van der Waals surface area contributed by atoms with Crippen LogP contribution in [0.1, 0.15) is 12.5 Å². The highest BCUT2D eigenvalue weighted by Crippen LogP contribution is 2.30. The molecule has 2 N–H and O–H groups in total. The second kappa shape index (κ2) is 5.59. The lowest BCUT2D eigenvalue weighted by atomic mass is 10.1. The lowest BCUT2D eigenvalue weighted by Gasteiger charge is -2.16. The minimum absolute atomic E-state index is 0.0199. The summed E-state index contributed by atoms with van der Waals surface area (Å²) in [4.78, 5) is 11.3. The molecule has 1 aromatic carbocycles. The number of hydrogen-bond acceptors (Lipinski definition) is 3. The molecule has 2 rings (SSSR count). The quantitative estimate of drug-likeness (QED) is 0.867. The van der Waals surface area contributed by atoms with Crippen molar-refractivity contribution in [1.29, 1.82) is 0 Å². The molecular weight excluding hydrogens is 252 g/mol. The number of rotatable bonds is 4. The van der Waals surface area contributed by atoms with Crippen LogP contribution in [0, 0.1) is 0 Å². The zero-order chi connectivity index (χ0) is 13.1. The van der Waals surface area contributed by atoms with Crippen LogP contribution < -0.4 is 15.4 Å². The first kappa shape index (κ1) is 13.2. The van der Waals surface area contributed by atoms with Crippen molar-refractivity contribution in [2.75, 3.05) is 13.6 Å². The van der Waals surface area contributed by atoms with Crippen molar-refractivity contribution >= 4 is 17.5 Å². The molecule has 2 atom stereocenters. The number of carbonyl (C=O) groups excluding carboxylic acids is 1. The molecule has 0 spiro atoms. The van der Waals surface area contributed by atoms with E-state index in [0.717, 1.165) is 22.8 Å². The second-order valence-corrected chi connectivity index (χ2v) is 4.88. The maximum absolute atomic E-state index is 11.3. The molecule has 4 nitrogen and oxygen atoms in total. The maximum atomic E-state index is 11.3. The van der Waals surface area contributed by atoms with E-state index in [0.29, 0.717) is 6.54 Å². The number of likely N-dealkylation sites (N-methyl/N-ethyl adjacent to an activating group) is 1. The van der Waals surface area contributed by atoms with Gasteiger partial charge in [0, 0.05) is 25.0 Å². The van der Waals surface area contributed by atoms with Crippen LogP contribution >= 0.6 is 11.6 Å². The fourth-order valence-corrected chi connectivity index (χ4v) is 2.21. The third kappa shape index (κ3) is 2.94. The zero-order valence-electron chi connectivity index (χ0n) is 10.5. The third-order valence-corrected chi connectivity index (χ3v) is 3.29. The van der Waals surface area contributed by atoms with Gasteiger partial charge in [0.15, 0.2) is 0 Å². The Balaban J connectivity index is 1.86. The van der Waals surface area contributed by atoms with Crippen LogP contribution in [-0.2, 0) is 11.2 Å². The molecule has 1 aliphatic rings. The molecule has 0 bridgehead atoms. The Bertz CT molecular complexity index is 451. The van der Waals surface area contributed by atoms with Crippen molar-refractivity contribution < 1.29 is 9.53 Å². The zero-order valence-corrected chi connectivity index (χ0v) is 11.3. The van der Waals surface area contributed by atoms with Gasteiger partial charge in [-0.1, -0.05) is 11.6 Å². The first-order chi connectivity index (χ1) is 8.60. The summed E-state index contributed by atoms with van der Waals surface area (Å²) in [6.07, 6.45) is 0.883. The summed E-state index contributed by atoms with van der Waals surface area (Å²) in [5.41, 5.74) is 1.13. The van der Waals surface area contributed by atoms with Crippen LogP contribution in [0.3, 0.4) is 0 Å². The molecule has 0 saturated carbocycles. The van der Waals surface area contributed by atoms with Gasteiger partial charge in [-0.25, -0.2) is 0 Å². The minimum Gasteiger partial charge on any atom is -0.488 e. The van der Waals surface area contributed by atoms with Gasteiger partial charge in [-0.15, -0.1) is 0 Å². The van der Waals surface area contributed by atoms with E-state index in [9.17, 15) is 4.79 Å². The summed E-state index contributed by atoms with van der Waals surface area (Å²) < 4.78 is 5.77. The van der Waals surface area contributed by atoms with Crippen LogP contribution in [0.4, 0.5) is 0 Å². The Kier molecular flexibility index (Phi) is 4.09. The van der Waals surface area contributed by atoms with Gasteiger partial charge in [-0.3, -0.25) is 4.79 Å². The van der Waals surface area contributed by atoms with Gasteiger partial charge in [-0.2, -0.15) is 0 Å². The fraction of sp³-hybridized carbons (Fsp3) is 0.462. The number of ether oxygens (including phenoxy) is 1. The van der Waals surface area contributed by atoms with Gasteiger partial charge in [0.2, 0.25) is 5.91 Å². The Morgan fingerprint density at radius 3 is 3.11 bits per heavy atom. The Morgan fingerprint density at radius 1 is 1.61 bits per heavy atom. The predicted octanol–water partition coefficient (Wildman–Crippen LogP) is 1.37. The normalized spacial score (nSPS) is 18.9. The predicted molar refractivity (Wildman–Crippen MR) is 71.1 cm³/mol. The molecular formula is C13H17ClN2O2. The van der Waals surface area contributed by atoms with E-state index >= 15 is 0 Å². The Morgan fingerprint density at radius 2 is 2.39 bits per heavy atom. The molecule has 0 radical (unpaired) electrons. The van der Waals surface area contributed by atoms with Crippen molar-refractivity contribution in [1.82, 2.24) is 10.6 Å². The Labute approximate surface area is 112 Å². The van der Waals surface area contributed by atoms with Gasteiger partial charge >= 0.3 is 0 Å².